The fraction of sp³-hybridized carbons (Fsp3) is 0.333. The van der Waals surface area contributed by atoms with Crippen molar-refractivity contribution in [2.45, 2.75) is 26.2 Å². The van der Waals surface area contributed by atoms with Gasteiger partial charge in [-0.05, 0) is 62.1 Å². The molecule has 7 heteroatoms. The summed E-state index contributed by atoms with van der Waals surface area (Å²) >= 11 is 6.09. The van der Waals surface area contributed by atoms with Crippen molar-refractivity contribution in [3.8, 4) is 0 Å². The second-order valence-electron chi connectivity index (χ2n) is 8.41. The molecule has 3 heterocycles. The lowest BCUT2D eigenvalue weighted by Gasteiger charge is -2.31. The average Bonchev–Trinajstić information content (AvgIpc) is 3.37. The minimum Gasteiger partial charge on any atom is -0.361 e. The smallest absolute Gasteiger partial charge is 0.224 e. The third kappa shape index (κ3) is 4.12. The highest BCUT2D eigenvalue weighted by molar-refractivity contribution is 6.31. The summed E-state index contributed by atoms with van der Waals surface area (Å²) in [6.45, 7) is 4.31. The van der Waals surface area contributed by atoms with Gasteiger partial charge in [-0.3, -0.25) is 4.79 Å². The van der Waals surface area contributed by atoms with Crippen molar-refractivity contribution >= 4 is 45.4 Å². The SMILES string of the molecule is Cc1ccc2[nH]cc(CCNC(=O)C3CCCN(c4nc5ccc(Cl)cc5[nH]4)C3)c2c1. The number of aryl methyl sites for hydroxylation is 1. The highest BCUT2D eigenvalue weighted by Crippen LogP contribution is 2.25. The molecule has 0 bridgehead atoms. The van der Waals surface area contributed by atoms with E-state index < -0.39 is 0 Å². The number of fused-ring (bicyclic) bond motifs is 2. The summed E-state index contributed by atoms with van der Waals surface area (Å²) in [7, 11) is 0. The number of nitrogens with zero attached hydrogens (tertiary/aromatic N) is 2. The molecule has 4 aromatic rings. The van der Waals surface area contributed by atoms with E-state index in [4.69, 9.17) is 11.6 Å². The molecular formula is C24H26ClN5O. The van der Waals surface area contributed by atoms with Crippen molar-refractivity contribution in [1.82, 2.24) is 20.3 Å². The van der Waals surface area contributed by atoms with E-state index >= 15 is 0 Å². The number of piperidine rings is 1. The summed E-state index contributed by atoms with van der Waals surface area (Å²) in [5.74, 6) is 0.902. The molecule has 160 valence electrons. The molecule has 1 aliphatic heterocycles. The topological polar surface area (TPSA) is 76.8 Å². The second kappa shape index (κ2) is 8.27. The molecule has 1 saturated heterocycles. The Morgan fingerprint density at radius 1 is 1.26 bits per heavy atom. The van der Waals surface area contributed by atoms with E-state index in [1.54, 1.807) is 0 Å². The number of aromatic nitrogens is 3. The Balaban J connectivity index is 1.20. The first-order valence-corrected chi connectivity index (χ1v) is 11.2. The molecule has 1 amide bonds. The van der Waals surface area contributed by atoms with E-state index in [9.17, 15) is 4.79 Å². The summed E-state index contributed by atoms with van der Waals surface area (Å²) in [5, 5.41) is 5.07. The highest BCUT2D eigenvalue weighted by Gasteiger charge is 2.27. The van der Waals surface area contributed by atoms with E-state index in [2.05, 4.69) is 50.3 Å². The number of hydrogen-bond acceptors (Lipinski definition) is 3. The van der Waals surface area contributed by atoms with Gasteiger partial charge in [0.1, 0.15) is 0 Å². The number of amides is 1. The maximum atomic E-state index is 12.8. The number of rotatable bonds is 5. The highest BCUT2D eigenvalue weighted by atomic mass is 35.5. The van der Waals surface area contributed by atoms with E-state index in [1.165, 1.54) is 16.5 Å². The number of aromatic amines is 2. The van der Waals surface area contributed by atoms with Crippen molar-refractivity contribution < 1.29 is 4.79 Å². The van der Waals surface area contributed by atoms with Crippen LogP contribution in [0.15, 0.2) is 42.6 Å². The number of anilines is 1. The maximum absolute atomic E-state index is 12.8. The Morgan fingerprint density at radius 2 is 2.16 bits per heavy atom. The number of H-pyrrole nitrogens is 2. The molecule has 1 fully saturated rings. The first-order valence-electron chi connectivity index (χ1n) is 10.8. The predicted molar refractivity (Wildman–Crippen MR) is 126 cm³/mol. The van der Waals surface area contributed by atoms with Crippen molar-refractivity contribution in [3.63, 3.8) is 0 Å². The number of carbonyl (C=O) groups excluding carboxylic acids is 1. The van der Waals surface area contributed by atoms with Crippen LogP contribution in [0.25, 0.3) is 21.9 Å². The number of imidazole rings is 1. The van der Waals surface area contributed by atoms with Crippen LogP contribution in [0.5, 0.6) is 0 Å². The molecule has 6 nitrogen and oxygen atoms in total. The minimum atomic E-state index is -0.0317. The third-order valence-electron chi connectivity index (χ3n) is 6.14. The van der Waals surface area contributed by atoms with Gasteiger partial charge >= 0.3 is 0 Å². The van der Waals surface area contributed by atoms with Gasteiger partial charge in [-0.2, -0.15) is 0 Å². The van der Waals surface area contributed by atoms with Crippen LogP contribution in [0.3, 0.4) is 0 Å². The zero-order valence-electron chi connectivity index (χ0n) is 17.5. The molecular weight excluding hydrogens is 410 g/mol. The van der Waals surface area contributed by atoms with E-state index in [1.807, 2.05) is 24.4 Å². The Kier molecular flexibility index (Phi) is 5.32. The zero-order valence-corrected chi connectivity index (χ0v) is 18.3. The van der Waals surface area contributed by atoms with Gasteiger partial charge in [0, 0.05) is 41.8 Å². The lowest BCUT2D eigenvalue weighted by Crippen LogP contribution is -2.43. The minimum absolute atomic E-state index is 0.0317. The van der Waals surface area contributed by atoms with Crippen molar-refractivity contribution in [2.75, 3.05) is 24.5 Å². The van der Waals surface area contributed by atoms with Gasteiger partial charge in [0.25, 0.3) is 0 Å². The van der Waals surface area contributed by atoms with Crippen molar-refractivity contribution in [2.24, 2.45) is 5.92 Å². The normalized spacial score (nSPS) is 16.8. The average molecular weight is 436 g/mol. The molecule has 1 unspecified atom stereocenters. The van der Waals surface area contributed by atoms with Gasteiger partial charge < -0.3 is 20.2 Å². The molecule has 2 aromatic carbocycles. The fourth-order valence-electron chi connectivity index (χ4n) is 4.47. The summed E-state index contributed by atoms with van der Waals surface area (Å²) in [6, 6.07) is 12.1. The third-order valence-corrected chi connectivity index (χ3v) is 6.37. The van der Waals surface area contributed by atoms with Gasteiger partial charge in [0.15, 0.2) is 0 Å². The number of halogens is 1. The first-order chi connectivity index (χ1) is 15.1. The number of nitrogens with one attached hydrogen (secondary N) is 3. The standard InChI is InChI=1S/C24H26ClN5O/c1-15-4-6-20-19(11-15)16(13-27-20)8-9-26-23(31)17-3-2-10-30(14-17)24-28-21-7-5-18(25)12-22(21)29-24/h4-7,11-13,17,27H,2-3,8-10,14H2,1H3,(H,26,31)(H,28,29). The second-order valence-corrected chi connectivity index (χ2v) is 8.85. The van der Waals surface area contributed by atoms with Crippen LogP contribution in [-0.2, 0) is 11.2 Å². The van der Waals surface area contributed by atoms with Crippen LogP contribution in [0.2, 0.25) is 5.02 Å². The predicted octanol–water partition coefficient (Wildman–Crippen LogP) is 4.58. The largest absolute Gasteiger partial charge is 0.361 e. The monoisotopic (exact) mass is 435 g/mol. The summed E-state index contributed by atoms with van der Waals surface area (Å²) in [5.41, 5.74) is 5.43. The van der Waals surface area contributed by atoms with Crippen LogP contribution in [0, 0.1) is 12.8 Å². The molecule has 0 spiro atoms. The number of hydrogen-bond donors (Lipinski definition) is 3. The maximum Gasteiger partial charge on any atom is 0.224 e. The zero-order chi connectivity index (χ0) is 21.4. The van der Waals surface area contributed by atoms with Gasteiger partial charge in [-0.25, -0.2) is 4.98 Å². The fourth-order valence-corrected chi connectivity index (χ4v) is 4.64. The van der Waals surface area contributed by atoms with Gasteiger partial charge in [-0.15, -0.1) is 0 Å². The number of carbonyl (C=O) groups is 1. The number of benzene rings is 2. The molecule has 0 aliphatic carbocycles. The molecule has 1 aliphatic rings. The lowest BCUT2D eigenvalue weighted by molar-refractivity contribution is -0.125. The summed E-state index contributed by atoms with van der Waals surface area (Å²) < 4.78 is 0. The van der Waals surface area contributed by atoms with Crippen LogP contribution < -0.4 is 10.2 Å². The van der Waals surface area contributed by atoms with E-state index in [0.29, 0.717) is 18.1 Å². The Bertz CT molecular complexity index is 1240. The van der Waals surface area contributed by atoms with Gasteiger partial charge in [0.05, 0.1) is 17.0 Å². The Hall–Kier alpha value is -2.99. The molecule has 0 radical (unpaired) electrons. The van der Waals surface area contributed by atoms with Crippen molar-refractivity contribution in [1.29, 1.82) is 0 Å². The Labute approximate surface area is 186 Å². The van der Waals surface area contributed by atoms with Gasteiger partial charge in [0.2, 0.25) is 11.9 Å². The van der Waals surface area contributed by atoms with Gasteiger partial charge in [-0.1, -0.05) is 23.2 Å². The van der Waals surface area contributed by atoms with Crippen LogP contribution in [0.1, 0.15) is 24.0 Å². The van der Waals surface area contributed by atoms with Crippen molar-refractivity contribution in [3.05, 3.63) is 58.7 Å². The molecule has 0 saturated carbocycles. The first kappa shape index (κ1) is 19.9. The quantitative estimate of drug-likeness (QED) is 0.429. The molecule has 3 N–H and O–H groups in total. The molecule has 2 aromatic heterocycles. The summed E-state index contributed by atoms with van der Waals surface area (Å²) in [6.07, 6.45) is 4.74. The van der Waals surface area contributed by atoms with Crippen LogP contribution >= 0.6 is 11.6 Å². The molecule has 1 atom stereocenters. The van der Waals surface area contributed by atoms with E-state index in [0.717, 1.165) is 48.3 Å². The molecule has 31 heavy (non-hydrogen) atoms. The van der Waals surface area contributed by atoms with Crippen LogP contribution in [0.4, 0.5) is 5.95 Å². The Morgan fingerprint density at radius 3 is 3.06 bits per heavy atom. The van der Waals surface area contributed by atoms with E-state index in [-0.39, 0.29) is 11.8 Å². The molecule has 5 rings (SSSR count). The van der Waals surface area contributed by atoms with Crippen LogP contribution in [-0.4, -0.2) is 40.5 Å². The lowest BCUT2D eigenvalue weighted by atomic mass is 9.97. The summed E-state index contributed by atoms with van der Waals surface area (Å²) in [4.78, 5) is 26.4.